The number of primary amides is 1. The van der Waals surface area contributed by atoms with Gasteiger partial charge in [0, 0.05) is 0 Å². The van der Waals surface area contributed by atoms with Crippen LogP contribution in [-0.4, -0.2) is 34.1 Å². The standard InChI is InChI=1S/C7H11BrN2O4/c8-2-5(11)3(7(13)14)1-4(9)6(10)12/h3-4H,1-2,9H2,(H2,10,12)(H,13,14)/t3?,4-/m1/s1. The Bertz CT molecular complexity index is 256. The van der Waals surface area contributed by atoms with Crippen LogP contribution in [-0.2, 0) is 14.4 Å². The zero-order chi connectivity index (χ0) is 11.3. The van der Waals surface area contributed by atoms with E-state index in [0.29, 0.717) is 0 Å². The highest BCUT2D eigenvalue weighted by atomic mass is 79.9. The largest absolute Gasteiger partial charge is 0.481 e. The molecule has 0 radical (unpaired) electrons. The van der Waals surface area contributed by atoms with Crippen molar-refractivity contribution in [2.75, 3.05) is 5.33 Å². The molecule has 5 N–H and O–H groups in total. The second-order valence-electron chi connectivity index (χ2n) is 2.74. The van der Waals surface area contributed by atoms with Gasteiger partial charge in [-0.25, -0.2) is 0 Å². The number of ketones is 1. The molecule has 0 aromatic carbocycles. The van der Waals surface area contributed by atoms with Crippen LogP contribution in [0.15, 0.2) is 0 Å². The summed E-state index contributed by atoms with van der Waals surface area (Å²) in [7, 11) is 0. The van der Waals surface area contributed by atoms with Gasteiger partial charge in [0.2, 0.25) is 5.91 Å². The van der Waals surface area contributed by atoms with Crippen LogP contribution in [0, 0.1) is 5.92 Å². The van der Waals surface area contributed by atoms with E-state index in [1.54, 1.807) is 0 Å². The number of nitrogens with two attached hydrogens (primary N) is 2. The van der Waals surface area contributed by atoms with Crippen LogP contribution >= 0.6 is 15.9 Å². The number of rotatable bonds is 6. The highest BCUT2D eigenvalue weighted by Crippen LogP contribution is 2.09. The second kappa shape index (κ2) is 5.71. The molecular weight excluding hydrogens is 256 g/mol. The minimum absolute atomic E-state index is 0.0878. The number of carboxylic acid groups (broad SMARTS) is 1. The first-order valence-electron chi connectivity index (χ1n) is 3.76. The van der Waals surface area contributed by atoms with E-state index in [1.165, 1.54) is 0 Å². The van der Waals surface area contributed by atoms with Crippen molar-refractivity contribution in [2.45, 2.75) is 12.5 Å². The number of alkyl halides is 1. The van der Waals surface area contributed by atoms with E-state index in [0.717, 1.165) is 0 Å². The topological polar surface area (TPSA) is 123 Å². The predicted molar refractivity (Wildman–Crippen MR) is 51.7 cm³/mol. The van der Waals surface area contributed by atoms with Crippen LogP contribution in [0.1, 0.15) is 6.42 Å². The third-order valence-electron chi connectivity index (χ3n) is 1.67. The van der Waals surface area contributed by atoms with Gasteiger partial charge in [0.05, 0.1) is 11.4 Å². The first kappa shape index (κ1) is 13.1. The lowest BCUT2D eigenvalue weighted by molar-refractivity contribution is -0.146. The predicted octanol–water partition coefficient (Wildman–Crippen LogP) is -1.15. The van der Waals surface area contributed by atoms with Gasteiger partial charge in [-0.15, -0.1) is 0 Å². The monoisotopic (exact) mass is 266 g/mol. The maximum absolute atomic E-state index is 11.1. The van der Waals surface area contributed by atoms with Gasteiger partial charge in [0.25, 0.3) is 0 Å². The molecule has 0 aliphatic carbocycles. The van der Waals surface area contributed by atoms with Crippen molar-refractivity contribution in [3.63, 3.8) is 0 Å². The summed E-state index contributed by atoms with van der Waals surface area (Å²) in [5.41, 5.74) is 10.1. The smallest absolute Gasteiger partial charge is 0.314 e. The van der Waals surface area contributed by atoms with E-state index in [1.807, 2.05) is 0 Å². The normalized spacial score (nSPS) is 14.4. The summed E-state index contributed by atoms with van der Waals surface area (Å²) in [5, 5.41) is 8.57. The van der Waals surface area contributed by atoms with Crippen molar-refractivity contribution in [3.05, 3.63) is 0 Å². The second-order valence-corrected chi connectivity index (χ2v) is 3.30. The van der Waals surface area contributed by atoms with Gasteiger partial charge in [0.1, 0.15) is 5.92 Å². The van der Waals surface area contributed by atoms with Crippen LogP contribution in [0.25, 0.3) is 0 Å². The third-order valence-corrected chi connectivity index (χ3v) is 2.23. The Morgan fingerprint density at radius 2 is 1.86 bits per heavy atom. The number of hydrogen-bond acceptors (Lipinski definition) is 4. The van der Waals surface area contributed by atoms with Crippen molar-refractivity contribution < 1.29 is 19.5 Å². The van der Waals surface area contributed by atoms with Crippen molar-refractivity contribution in [1.82, 2.24) is 0 Å². The maximum Gasteiger partial charge on any atom is 0.314 e. The highest BCUT2D eigenvalue weighted by Gasteiger charge is 2.28. The van der Waals surface area contributed by atoms with Gasteiger partial charge in [-0.3, -0.25) is 14.4 Å². The molecule has 80 valence electrons. The number of halogens is 1. The minimum atomic E-state index is -1.30. The lowest BCUT2D eigenvalue weighted by Crippen LogP contribution is -2.41. The summed E-state index contributed by atoms with van der Waals surface area (Å²) < 4.78 is 0. The molecule has 0 aliphatic rings. The Hall–Kier alpha value is -0.950. The molecule has 0 aliphatic heterocycles. The zero-order valence-electron chi connectivity index (χ0n) is 7.27. The van der Waals surface area contributed by atoms with Crippen molar-refractivity contribution >= 4 is 33.6 Å². The average Bonchev–Trinajstić information content (AvgIpc) is 2.11. The van der Waals surface area contributed by atoms with Crippen molar-refractivity contribution in [2.24, 2.45) is 17.4 Å². The molecule has 2 atom stereocenters. The molecule has 1 unspecified atom stereocenters. The summed E-state index contributed by atoms with van der Waals surface area (Å²) >= 11 is 2.84. The number of hydrogen-bond donors (Lipinski definition) is 3. The Balaban J connectivity index is 4.46. The first-order chi connectivity index (χ1) is 6.40. The first-order valence-corrected chi connectivity index (χ1v) is 4.88. The lowest BCUT2D eigenvalue weighted by atomic mass is 9.96. The molecule has 7 heteroatoms. The van der Waals surface area contributed by atoms with Crippen molar-refractivity contribution in [1.29, 1.82) is 0 Å². The number of carbonyl (C=O) groups excluding carboxylic acids is 2. The molecule has 0 bridgehead atoms. The maximum atomic E-state index is 11.1. The highest BCUT2D eigenvalue weighted by molar-refractivity contribution is 9.09. The van der Waals surface area contributed by atoms with E-state index >= 15 is 0 Å². The number of carbonyl (C=O) groups is 3. The number of amides is 1. The summed E-state index contributed by atoms with van der Waals surface area (Å²) in [5.74, 6) is -3.93. The molecule has 0 spiro atoms. The van der Waals surface area contributed by atoms with E-state index in [2.05, 4.69) is 15.9 Å². The van der Waals surface area contributed by atoms with Gasteiger partial charge in [-0.05, 0) is 6.42 Å². The molecule has 0 aromatic heterocycles. The molecule has 0 saturated heterocycles. The molecule has 0 heterocycles. The molecule has 0 fully saturated rings. The minimum Gasteiger partial charge on any atom is -0.481 e. The fraction of sp³-hybridized carbons (Fsp3) is 0.571. The van der Waals surface area contributed by atoms with Gasteiger partial charge in [-0.1, -0.05) is 15.9 Å². The number of aliphatic carboxylic acids is 1. The number of carboxylic acids is 1. The Morgan fingerprint density at radius 3 is 2.14 bits per heavy atom. The Labute approximate surface area is 88.8 Å². The van der Waals surface area contributed by atoms with Crippen LogP contribution < -0.4 is 11.5 Å². The molecule has 0 rings (SSSR count). The molecular formula is C7H11BrN2O4. The van der Waals surface area contributed by atoms with Gasteiger partial charge < -0.3 is 16.6 Å². The summed E-state index contributed by atoms with van der Waals surface area (Å²) in [6.45, 7) is 0. The zero-order valence-corrected chi connectivity index (χ0v) is 8.86. The molecule has 1 amide bonds. The van der Waals surface area contributed by atoms with Crippen LogP contribution in [0.5, 0.6) is 0 Å². The van der Waals surface area contributed by atoms with E-state index < -0.39 is 29.6 Å². The summed E-state index contributed by atoms with van der Waals surface area (Å²) in [4.78, 5) is 32.2. The molecule has 0 aromatic rings. The van der Waals surface area contributed by atoms with E-state index in [4.69, 9.17) is 16.6 Å². The SMILES string of the molecule is NC(=O)[C@H](N)CC(C(=O)O)C(=O)CBr. The fourth-order valence-electron chi connectivity index (χ4n) is 0.833. The summed E-state index contributed by atoms with van der Waals surface area (Å²) in [6.07, 6.45) is -0.269. The Morgan fingerprint density at radius 1 is 1.36 bits per heavy atom. The van der Waals surface area contributed by atoms with E-state index in [-0.39, 0.29) is 11.8 Å². The van der Waals surface area contributed by atoms with Crippen LogP contribution in [0.4, 0.5) is 0 Å². The summed E-state index contributed by atoms with van der Waals surface area (Å²) in [6, 6.07) is -1.11. The fourth-order valence-corrected chi connectivity index (χ4v) is 1.22. The third kappa shape index (κ3) is 3.84. The Kier molecular flexibility index (Phi) is 5.32. The average molecular weight is 267 g/mol. The van der Waals surface area contributed by atoms with E-state index in [9.17, 15) is 14.4 Å². The van der Waals surface area contributed by atoms with Gasteiger partial charge in [0.15, 0.2) is 5.78 Å². The quantitative estimate of drug-likeness (QED) is 0.414. The molecule has 6 nitrogen and oxygen atoms in total. The molecule has 0 saturated carbocycles. The van der Waals surface area contributed by atoms with Crippen LogP contribution in [0.3, 0.4) is 0 Å². The van der Waals surface area contributed by atoms with Gasteiger partial charge >= 0.3 is 5.97 Å². The van der Waals surface area contributed by atoms with Gasteiger partial charge in [-0.2, -0.15) is 0 Å². The van der Waals surface area contributed by atoms with Crippen LogP contribution in [0.2, 0.25) is 0 Å². The number of Topliss-reactive ketones (excluding diaryl/α,β-unsaturated/α-hetero) is 1. The molecule has 14 heavy (non-hydrogen) atoms. The lowest BCUT2D eigenvalue weighted by Gasteiger charge is -2.12. The van der Waals surface area contributed by atoms with Crippen molar-refractivity contribution in [3.8, 4) is 0 Å².